The van der Waals surface area contributed by atoms with Crippen LogP contribution in [0.2, 0.25) is 0 Å². The van der Waals surface area contributed by atoms with Gasteiger partial charge in [-0.2, -0.15) is 10.2 Å². The van der Waals surface area contributed by atoms with E-state index in [4.69, 9.17) is 52.1 Å². The van der Waals surface area contributed by atoms with Crippen LogP contribution in [0.4, 0.5) is 0 Å². The molecule has 0 atom stereocenters. The molecule has 0 aliphatic heterocycles. The highest BCUT2D eigenvalue weighted by atomic mass is 16.6. The third-order valence-corrected chi connectivity index (χ3v) is 14.0. The van der Waals surface area contributed by atoms with Gasteiger partial charge in [-0.1, -0.05) is 19.7 Å². The van der Waals surface area contributed by atoms with Gasteiger partial charge in [0.2, 0.25) is 0 Å². The number of ether oxygens (including phenoxy) is 11. The molecule has 0 N–H and O–H groups in total. The maximum absolute atomic E-state index is 13.7. The van der Waals surface area contributed by atoms with Crippen molar-refractivity contribution in [1.29, 1.82) is 0 Å². The molecule has 1 aliphatic rings. The van der Waals surface area contributed by atoms with E-state index in [0.717, 1.165) is 95.3 Å². The van der Waals surface area contributed by atoms with Crippen LogP contribution in [-0.4, -0.2) is 100 Å². The Morgan fingerprint density at radius 2 is 0.725 bits per heavy atom. The van der Waals surface area contributed by atoms with Gasteiger partial charge in [0.25, 0.3) is 6.47 Å². The Kier molecular flexibility index (Phi) is 30.5. The monoisotopic (exact) mass is 1250 g/mol. The van der Waals surface area contributed by atoms with Crippen LogP contribution in [0.5, 0.6) is 46.0 Å². The first-order chi connectivity index (χ1) is 44.3. The summed E-state index contributed by atoms with van der Waals surface area (Å²) in [6, 6.07) is 28.3. The maximum Gasteiger partial charge on any atom is 0.343 e. The maximum atomic E-state index is 13.7. The van der Waals surface area contributed by atoms with Crippen LogP contribution in [-0.2, 0) is 43.0 Å². The van der Waals surface area contributed by atoms with Crippen molar-refractivity contribution in [1.82, 2.24) is 0 Å². The summed E-state index contributed by atoms with van der Waals surface area (Å²) in [5.74, 6) is -2.25. The molecule has 1 saturated carbocycles. The number of benzene rings is 5. The van der Waals surface area contributed by atoms with E-state index in [1.165, 1.54) is 48.8 Å². The molecule has 5 aromatic carbocycles. The minimum Gasteiger partial charge on any atom is -0.494 e. The lowest BCUT2D eigenvalue weighted by Crippen LogP contribution is -2.30. The SMILES string of the molecule is C=CC(=O)OCCCCCCOc1ccc(OC(=O)C2CCC(C(=O)Oc3ccc(OC=O)cc3/C=N/N=C/c3cc(OC(=O)c4ccc(OCCCCCCOC(=O)C=C)cc4)ccc3OC(=O)c3ccc(OCCCCCCOC(=O)C=C)cc3)CC2)cc1. The molecule has 0 amide bonds. The minimum atomic E-state index is -0.719. The minimum absolute atomic E-state index is 0.0300. The zero-order valence-corrected chi connectivity index (χ0v) is 50.8. The quantitative estimate of drug-likeness (QED) is 0.00515. The first-order valence-corrected chi connectivity index (χ1v) is 30.2. The zero-order chi connectivity index (χ0) is 64.8. The molecule has 1 fully saturated rings. The van der Waals surface area contributed by atoms with Crippen LogP contribution in [0.15, 0.2) is 157 Å². The zero-order valence-electron chi connectivity index (χ0n) is 50.8. The molecular formula is C70H76N2O19. The van der Waals surface area contributed by atoms with Crippen molar-refractivity contribution < 1.29 is 90.5 Å². The topological polar surface area (TPSA) is 263 Å². The predicted octanol–water partition coefficient (Wildman–Crippen LogP) is 12.4. The van der Waals surface area contributed by atoms with Crippen molar-refractivity contribution >= 4 is 60.7 Å². The normalized spacial score (nSPS) is 13.4. The van der Waals surface area contributed by atoms with Gasteiger partial charge in [0.15, 0.2) is 0 Å². The summed E-state index contributed by atoms with van der Waals surface area (Å²) in [6.07, 6.45) is 17.2. The molecule has 0 spiro atoms. The van der Waals surface area contributed by atoms with E-state index in [2.05, 4.69) is 29.9 Å². The lowest BCUT2D eigenvalue weighted by molar-refractivity contribution is -0.145. The van der Waals surface area contributed by atoms with Gasteiger partial charge < -0.3 is 52.1 Å². The Bertz CT molecular complexity index is 3270. The van der Waals surface area contributed by atoms with Crippen molar-refractivity contribution in [2.45, 2.75) is 103 Å². The average molecular weight is 1250 g/mol. The third-order valence-electron chi connectivity index (χ3n) is 14.0. The van der Waals surface area contributed by atoms with E-state index in [1.807, 2.05) is 0 Å². The van der Waals surface area contributed by atoms with E-state index in [1.54, 1.807) is 72.8 Å². The second kappa shape index (κ2) is 39.7. The number of rotatable bonds is 40. The smallest absolute Gasteiger partial charge is 0.343 e. The van der Waals surface area contributed by atoms with Gasteiger partial charge in [-0.25, -0.2) is 24.0 Å². The molecular weight excluding hydrogens is 1170 g/mol. The van der Waals surface area contributed by atoms with Gasteiger partial charge in [0.1, 0.15) is 46.0 Å². The molecule has 6 rings (SSSR count). The number of carbonyl (C=O) groups excluding carboxylic acids is 8. The Balaban J connectivity index is 1.05. The summed E-state index contributed by atoms with van der Waals surface area (Å²) in [5, 5.41) is 8.39. The average Bonchev–Trinajstić information content (AvgIpc) is 1.67. The molecule has 21 heteroatoms. The lowest BCUT2D eigenvalue weighted by atomic mass is 9.82. The third kappa shape index (κ3) is 25.8. The number of carbonyl (C=O) groups is 8. The fourth-order valence-corrected chi connectivity index (χ4v) is 9.02. The molecule has 0 radical (unpaired) electrons. The predicted molar refractivity (Wildman–Crippen MR) is 336 cm³/mol. The van der Waals surface area contributed by atoms with Gasteiger partial charge in [-0.05, 0) is 212 Å². The van der Waals surface area contributed by atoms with E-state index in [9.17, 15) is 38.4 Å². The van der Waals surface area contributed by atoms with Crippen molar-refractivity contribution in [3.05, 3.63) is 169 Å². The van der Waals surface area contributed by atoms with Crippen molar-refractivity contribution in [2.24, 2.45) is 22.0 Å². The first kappa shape index (κ1) is 69.9. The van der Waals surface area contributed by atoms with Crippen molar-refractivity contribution in [2.75, 3.05) is 39.6 Å². The largest absolute Gasteiger partial charge is 0.494 e. The molecule has 480 valence electrons. The van der Waals surface area contributed by atoms with Crippen molar-refractivity contribution in [3.63, 3.8) is 0 Å². The Hall–Kier alpha value is -10.2. The summed E-state index contributed by atoms with van der Waals surface area (Å²) in [7, 11) is 0. The van der Waals surface area contributed by atoms with Crippen LogP contribution in [0, 0.1) is 11.8 Å². The second-order valence-corrected chi connectivity index (χ2v) is 20.7. The molecule has 1 aliphatic carbocycles. The second-order valence-electron chi connectivity index (χ2n) is 20.7. The number of hydrogen-bond donors (Lipinski definition) is 0. The summed E-state index contributed by atoms with van der Waals surface area (Å²) in [6.45, 7) is 12.8. The molecule has 21 nitrogen and oxygen atoms in total. The first-order valence-electron chi connectivity index (χ1n) is 30.2. The van der Waals surface area contributed by atoms with Crippen molar-refractivity contribution in [3.8, 4) is 46.0 Å². The van der Waals surface area contributed by atoms with Crippen LogP contribution >= 0.6 is 0 Å². The van der Waals surface area contributed by atoms with Crippen LogP contribution in [0.1, 0.15) is 135 Å². The van der Waals surface area contributed by atoms with E-state index in [-0.39, 0.29) is 51.7 Å². The Morgan fingerprint density at radius 3 is 1.14 bits per heavy atom. The van der Waals surface area contributed by atoms with Gasteiger partial charge in [-0.3, -0.25) is 14.4 Å². The molecule has 0 saturated heterocycles. The van der Waals surface area contributed by atoms with Crippen LogP contribution in [0.3, 0.4) is 0 Å². The Labute approximate surface area is 528 Å². The standard InChI is InChI=1S/C70H76N2O19/c1-4-64(74)84-42-16-10-7-13-39-81-56-27-23-52(24-28-56)68(78)89-61-36-38-63(91-70(80)53-25-29-57(30-26-53)82-40-14-8-11-17-43-85-65(75)5-2)55(46-61)48-72-71-47-54-45-60(87-49-73)35-37-62(54)90-69(79)51-21-19-50(20-22-51)67(77)88-59-33-31-58(32-34-59)83-41-15-9-12-18-44-86-66(76)6-3/h4-6,23-38,45-51H,1-3,7-22,39-44H2/b71-47+,72-48+. The highest BCUT2D eigenvalue weighted by Gasteiger charge is 2.32. The number of nitrogens with zero attached hydrogens (tertiary/aromatic N) is 2. The van der Waals surface area contributed by atoms with Gasteiger partial charge >= 0.3 is 41.8 Å². The highest BCUT2D eigenvalue weighted by molar-refractivity contribution is 5.95. The van der Waals surface area contributed by atoms with E-state index >= 15 is 0 Å². The molecule has 0 bridgehead atoms. The molecule has 0 heterocycles. The molecule has 0 unspecified atom stereocenters. The van der Waals surface area contributed by atoms with Gasteiger partial charge in [-0.15, -0.1) is 0 Å². The summed E-state index contributed by atoms with van der Waals surface area (Å²) in [5.41, 5.74) is 0.816. The molecule has 5 aromatic rings. The van der Waals surface area contributed by atoms with Gasteiger partial charge in [0.05, 0.1) is 75.0 Å². The van der Waals surface area contributed by atoms with E-state index < -0.39 is 53.6 Å². The molecule has 91 heavy (non-hydrogen) atoms. The summed E-state index contributed by atoms with van der Waals surface area (Å²) < 4.78 is 60.8. The number of unbranched alkanes of at least 4 members (excludes halogenated alkanes) is 9. The van der Waals surface area contributed by atoms with Crippen LogP contribution < -0.4 is 37.9 Å². The Morgan fingerprint density at radius 1 is 0.385 bits per heavy atom. The summed E-state index contributed by atoms with van der Waals surface area (Å²) >= 11 is 0. The highest BCUT2D eigenvalue weighted by Crippen LogP contribution is 2.33. The number of hydrogen-bond acceptors (Lipinski definition) is 21. The van der Waals surface area contributed by atoms with Crippen LogP contribution in [0.25, 0.3) is 0 Å². The summed E-state index contributed by atoms with van der Waals surface area (Å²) in [4.78, 5) is 98.8. The fraction of sp³-hybridized carbons (Fsp3) is 0.343. The van der Waals surface area contributed by atoms with E-state index in [0.29, 0.717) is 88.3 Å². The lowest BCUT2D eigenvalue weighted by Gasteiger charge is -2.26. The fourth-order valence-electron chi connectivity index (χ4n) is 9.02. The number of esters is 7. The molecule has 0 aromatic heterocycles. The van der Waals surface area contributed by atoms with Gasteiger partial charge in [0, 0.05) is 29.4 Å².